The lowest BCUT2D eigenvalue weighted by Gasteiger charge is -2.34. The Morgan fingerprint density at radius 3 is 2.72 bits per heavy atom. The summed E-state index contributed by atoms with van der Waals surface area (Å²) in [6, 6.07) is 4.12. The van der Waals surface area contributed by atoms with E-state index in [4.69, 9.17) is 10.5 Å². The third-order valence-corrected chi connectivity index (χ3v) is 5.09. The van der Waals surface area contributed by atoms with Crippen molar-refractivity contribution < 1.29 is 14.3 Å². The Balaban J connectivity index is 1.66. The molecule has 7 heteroatoms. The lowest BCUT2D eigenvalue weighted by molar-refractivity contribution is -0.131. The van der Waals surface area contributed by atoms with Crippen LogP contribution in [0.15, 0.2) is 24.5 Å². The number of nitrogens with two attached hydrogens (primary N) is 1. The highest BCUT2D eigenvalue weighted by Crippen LogP contribution is 2.19. The fourth-order valence-electron chi connectivity index (χ4n) is 3.62. The van der Waals surface area contributed by atoms with Crippen LogP contribution in [0.1, 0.15) is 18.4 Å². The highest BCUT2D eigenvalue weighted by atomic mass is 16.5. The van der Waals surface area contributed by atoms with Gasteiger partial charge in [-0.25, -0.2) is 0 Å². The van der Waals surface area contributed by atoms with E-state index in [1.807, 2.05) is 12.1 Å². The molecule has 1 aromatic rings. The first-order chi connectivity index (χ1) is 12.1. The van der Waals surface area contributed by atoms with E-state index in [1.165, 1.54) is 0 Å². The third kappa shape index (κ3) is 4.76. The summed E-state index contributed by atoms with van der Waals surface area (Å²) in [5.41, 5.74) is 6.49. The van der Waals surface area contributed by atoms with E-state index < -0.39 is 0 Å². The fourth-order valence-corrected chi connectivity index (χ4v) is 3.62. The molecule has 0 radical (unpaired) electrons. The predicted molar refractivity (Wildman–Crippen MR) is 92.6 cm³/mol. The van der Waals surface area contributed by atoms with Crippen LogP contribution in [-0.4, -0.2) is 72.0 Å². The van der Waals surface area contributed by atoms with Gasteiger partial charge in [0.1, 0.15) is 0 Å². The fraction of sp³-hybridized carbons (Fsp3) is 0.611. The van der Waals surface area contributed by atoms with E-state index in [1.54, 1.807) is 17.3 Å². The Kier molecular flexibility index (Phi) is 5.99. The van der Waals surface area contributed by atoms with Crippen molar-refractivity contribution in [3.05, 3.63) is 30.1 Å². The minimum atomic E-state index is -0.335. The van der Waals surface area contributed by atoms with E-state index in [0.29, 0.717) is 32.1 Å². The van der Waals surface area contributed by atoms with Gasteiger partial charge in [0, 0.05) is 57.8 Å². The number of primary amides is 1. The average Bonchev–Trinajstić information content (AvgIpc) is 2.87. The van der Waals surface area contributed by atoms with Gasteiger partial charge in [0.2, 0.25) is 11.8 Å². The van der Waals surface area contributed by atoms with Crippen LogP contribution in [0.5, 0.6) is 0 Å². The number of carbonyl (C=O) groups excluding carboxylic acids is 2. The number of amides is 2. The van der Waals surface area contributed by atoms with Gasteiger partial charge < -0.3 is 15.4 Å². The molecule has 0 aliphatic carbocycles. The van der Waals surface area contributed by atoms with Crippen LogP contribution >= 0.6 is 0 Å². The molecule has 136 valence electrons. The van der Waals surface area contributed by atoms with Gasteiger partial charge in [-0.05, 0) is 24.5 Å². The Morgan fingerprint density at radius 2 is 2.04 bits per heavy atom. The van der Waals surface area contributed by atoms with Crippen LogP contribution < -0.4 is 5.73 Å². The zero-order valence-electron chi connectivity index (χ0n) is 14.5. The molecule has 2 saturated heterocycles. The zero-order chi connectivity index (χ0) is 17.6. The van der Waals surface area contributed by atoms with Crippen molar-refractivity contribution >= 4 is 11.8 Å². The average molecular weight is 346 g/mol. The molecule has 2 aliphatic heterocycles. The Morgan fingerprint density at radius 1 is 1.24 bits per heavy atom. The molecule has 2 amide bonds. The lowest BCUT2D eigenvalue weighted by atomic mass is 10.0. The van der Waals surface area contributed by atoms with Crippen LogP contribution in [0.25, 0.3) is 0 Å². The van der Waals surface area contributed by atoms with Gasteiger partial charge in [0.15, 0.2) is 0 Å². The third-order valence-electron chi connectivity index (χ3n) is 5.09. The largest absolute Gasteiger partial charge is 0.381 e. The van der Waals surface area contributed by atoms with Gasteiger partial charge in [-0.1, -0.05) is 6.07 Å². The molecule has 7 nitrogen and oxygen atoms in total. The number of aromatic nitrogens is 1. The molecule has 25 heavy (non-hydrogen) atoms. The first kappa shape index (κ1) is 17.8. The van der Waals surface area contributed by atoms with Crippen molar-refractivity contribution in [3.63, 3.8) is 0 Å². The highest BCUT2D eigenvalue weighted by Gasteiger charge is 2.32. The summed E-state index contributed by atoms with van der Waals surface area (Å²) in [6.45, 7) is 3.93. The Bertz CT molecular complexity index is 589. The van der Waals surface area contributed by atoms with Gasteiger partial charge in [0.05, 0.1) is 12.3 Å². The first-order valence-electron chi connectivity index (χ1n) is 8.91. The molecular formula is C18H26N4O3. The molecule has 3 heterocycles. The van der Waals surface area contributed by atoms with Crippen LogP contribution in [0, 0.1) is 5.92 Å². The molecule has 2 aliphatic rings. The van der Waals surface area contributed by atoms with Gasteiger partial charge in [-0.2, -0.15) is 0 Å². The molecule has 0 unspecified atom stereocenters. The molecule has 2 N–H and O–H groups in total. The lowest BCUT2D eigenvalue weighted by Crippen LogP contribution is -2.44. The smallest absolute Gasteiger partial charge is 0.227 e. The van der Waals surface area contributed by atoms with E-state index in [0.717, 1.165) is 38.2 Å². The minimum Gasteiger partial charge on any atom is -0.381 e. The van der Waals surface area contributed by atoms with Crippen molar-refractivity contribution in [2.75, 3.05) is 39.4 Å². The zero-order valence-corrected chi connectivity index (χ0v) is 14.5. The van der Waals surface area contributed by atoms with Gasteiger partial charge in [-0.15, -0.1) is 0 Å². The number of nitrogens with zero attached hydrogens (tertiary/aromatic N) is 3. The Hall–Kier alpha value is -1.99. The molecule has 3 rings (SSSR count). The van der Waals surface area contributed by atoms with Crippen molar-refractivity contribution in [2.45, 2.75) is 25.3 Å². The summed E-state index contributed by atoms with van der Waals surface area (Å²) in [5, 5.41) is 0. The van der Waals surface area contributed by atoms with Crippen LogP contribution in [-0.2, 0) is 20.7 Å². The van der Waals surface area contributed by atoms with E-state index in [2.05, 4.69) is 9.88 Å². The van der Waals surface area contributed by atoms with Gasteiger partial charge in [-0.3, -0.25) is 19.5 Å². The number of hydrogen-bond donors (Lipinski definition) is 1. The van der Waals surface area contributed by atoms with Gasteiger partial charge in [0.25, 0.3) is 0 Å². The summed E-state index contributed by atoms with van der Waals surface area (Å²) in [5.74, 6) is -0.644. The van der Waals surface area contributed by atoms with Crippen molar-refractivity contribution in [1.82, 2.24) is 14.8 Å². The summed E-state index contributed by atoms with van der Waals surface area (Å²) in [7, 11) is 0. The number of pyridine rings is 1. The molecule has 1 atom stereocenters. The molecule has 0 aromatic carbocycles. The molecule has 0 spiro atoms. The maximum absolute atomic E-state index is 12.7. The number of hydrogen-bond acceptors (Lipinski definition) is 5. The summed E-state index contributed by atoms with van der Waals surface area (Å²) < 4.78 is 5.43. The molecule has 1 aromatic heterocycles. The molecule has 0 bridgehead atoms. The quantitative estimate of drug-likeness (QED) is 0.832. The molecular weight excluding hydrogens is 320 g/mol. The summed E-state index contributed by atoms with van der Waals surface area (Å²) in [4.78, 5) is 32.7. The predicted octanol–water partition coefficient (Wildman–Crippen LogP) is 0.0488. The van der Waals surface area contributed by atoms with Crippen LogP contribution in [0.3, 0.4) is 0 Å². The molecule has 2 fully saturated rings. The monoisotopic (exact) mass is 346 g/mol. The van der Waals surface area contributed by atoms with Crippen LogP contribution in [0.4, 0.5) is 0 Å². The van der Waals surface area contributed by atoms with E-state index in [-0.39, 0.29) is 17.7 Å². The normalized spacial score (nSPS) is 23.2. The summed E-state index contributed by atoms with van der Waals surface area (Å²) in [6.07, 6.45) is 5.63. The second kappa shape index (κ2) is 8.40. The number of carbonyl (C=O) groups is 2. The number of ether oxygens (including phenoxy) is 1. The topological polar surface area (TPSA) is 88.8 Å². The van der Waals surface area contributed by atoms with E-state index >= 15 is 0 Å². The van der Waals surface area contributed by atoms with Gasteiger partial charge >= 0.3 is 0 Å². The first-order valence-corrected chi connectivity index (χ1v) is 8.91. The van der Waals surface area contributed by atoms with Crippen molar-refractivity contribution in [1.29, 1.82) is 0 Å². The van der Waals surface area contributed by atoms with E-state index in [9.17, 15) is 9.59 Å². The maximum atomic E-state index is 12.7. The highest BCUT2D eigenvalue weighted by molar-refractivity contribution is 5.81. The second-order valence-electron chi connectivity index (χ2n) is 6.82. The second-order valence-corrected chi connectivity index (χ2v) is 6.82. The van der Waals surface area contributed by atoms with Crippen molar-refractivity contribution in [2.24, 2.45) is 11.7 Å². The number of rotatable bonds is 4. The summed E-state index contributed by atoms with van der Waals surface area (Å²) >= 11 is 0. The SMILES string of the molecule is NC(=O)[C@@H]1CN(C(=O)Cc2cccnc2)CCN(C2CCOCC2)C1. The Labute approximate surface area is 148 Å². The van der Waals surface area contributed by atoms with Crippen molar-refractivity contribution in [3.8, 4) is 0 Å². The standard InChI is InChI=1S/C18H26N4O3/c19-18(24)15-12-21(16-3-8-25-9-4-16)6-7-22(13-15)17(23)10-14-2-1-5-20-11-14/h1-2,5,11,15-16H,3-4,6-10,12-13H2,(H2,19,24)/t15-/m0/s1. The maximum Gasteiger partial charge on any atom is 0.227 e. The minimum absolute atomic E-state index is 0.0214. The van der Waals surface area contributed by atoms with Crippen LogP contribution in [0.2, 0.25) is 0 Å². The molecule has 0 saturated carbocycles.